The third-order valence-electron chi connectivity index (χ3n) is 2.96. The molecule has 0 aliphatic carbocycles. The summed E-state index contributed by atoms with van der Waals surface area (Å²) in [5.41, 5.74) is 3.14. The Bertz CT molecular complexity index is 566. The quantitative estimate of drug-likeness (QED) is 0.802. The van der Waals surface area contributed by atoms with E-state index >= 15 is 0 Å². The van der Waals surface area contributed by atoms with Gasteiger partial charge in [-0.2, -0.15) is 10.4 Å². The first-order chi connectivity index (χ1) is 9.28. The highest BCUT2D eigenvalue weighted by Crippen LogP contribution is 2.04. The molecule has 2 rings (SSSR count). The number of rotatable bonds is 6. The summed E-state index contributed by atoms with van der Waals surface area (Å²) in [7, 11) is 1.93. The van der Waals surface area contributed by atoms with Crippen LogP contribution in [0.1, 0.15) is 23.1 Å². The predicted molar refractivity (Wildman–Crippen MR) is 74.4 cm³/mol. The zero-order valence-corrected chi connectivity index (χ0v) is 11.1. The molecule has 0 bridgehead atoms. The van der Waals surface area contributed by atoms with Gasteiger partial charge in [0.15, 0.2) is 0 Å². The van der Waals surface area contributed by atoms with Crippen molar-refractivity contribution in [1.82, 2.24) is 15.1 Å². The van der Waals surface area contributed by atoms with Gasteiger partial charge in [-0.15, -0.1) is 0 Å². The summed E-state index contributed by atoms with van der Waals surface area (Å²) < 4.78 is 1.83. The Balaban J connectivity index is 1.68. The lowest BCUT2D eigenvalue weighted by Gasteiger charge is -2.04. The van der Waals surface area contributed by atoms with E-state index in [1.807, 2.05) is 42.2 Å². The summed E-state index contributed by atoms with van der Waals surface area (Å²) >= 11 is 0. The van der Waals surface area contributed by atoms with E-state index in [-0.39, 0.29) is 0 Å². The Hall–Kier alpha value is -2.12. The van der Waals surface area contributed by atoms with Gasteiger partial charge in [0.2, 0.25) is 0 Å². The zero-order chi connectivity index (χ0) is 13.5. The lowest BCUT2D eigenvalue weighted by Crippen LogP contribution is -2.15. The highest BCUT2D eigenvalue weighted by atomic mass is 15.2. The molecule has 1 aromatic carbocycles. The second kappa shape index (κ2) is 6.72. The smallest absolute Gasteiger partial charge is 0.0991 e. The molecule has 0 saturated carbocycles. The monoisotopic (exact) mass is 254 g/mol. The summed E-state index contributed by atoms with van der Waals surface area (Å²) in [6.07, 6.45) is 6.09. The average molecular weight is 254 g/mol. The second-order valence-electron chi connectivity index (χ2n) is 4.61. The molecule has 0 atom stereocenters. The standard InChI is InChI=1S/C15H18N4/c1-19-12-15(11-18-19)6-3-7-17-10-14-5-2-4-13(8-14)9-16/h2,4-5,8,11-12,17H,3,6-7,10H2,1H3. The summed E-state index contributed by atoms with van der Waals surface area (Å²) in [5.74, 6) is 0. The van der Waals surface area contributed by atoms with E-state index in [0.29, 0.717) is 0 Å². The van der Waals surface area contributed by atoms with Crippen LogP contribution in [-0.2, 0) is 20.0 Å². The molecule has 1 heterocycles. The van der Waals surface area contributed by atoms with Crippen LogP contribution in [0.5, 0.6) is 0 Å². The van der Waals surface area contributed by atoms with Gasteiger partial charge in [-0.1, -0.05) is 12.1 Å². The Morgan fingerprint density at radius 1 is 1.37 bits per heavy atom. The van der Waals surface area contributed by atoms with Gasteiger partial charge in [0, 0.05) is 19.8 Å². The van der Waals surface area contributed by atoms with Crippen LogP contribution in [0.3, 0.4) is 0 Å². The van der Waals surface area contributed by atoms with Crippen molar-refractivity contribution in [2.45, 2.75) is 19.4 Å². The van der Waals surface area contributed by atoms with Crippen molar-refractivity contribution in [3.63, 3.8) is 0 Å². The van der Waals surface area contributed by atoms with Crippen LogP contribution < -0.4 is 5.32 Å². The normalized spacial score (nSPS) is 10.3. The third kappa shape index (κ3) is 4.23. The molecule has 1 aromatic heterocycles. The maximum atomic E-state index is 8.82. The van der Waals surface area contributed by atoms with Gasteiger partial charge in [-0.3, -0.25) is 4.68 Å². The van der Waals surface area contributed by atoms with Crippen molar-refractivity contribution in [2.75, 3.05) is 6.54 Å². The maximum Gasteiger partial charge on any atom is 0.0991 e. The van der Waals surface area contributed by atoms with E-state index in [1.165, 1.54) is 5.56 Å². The fourth-order valence-corrected chi connectivity index (χ4v) is 2.00. The van der Waals surface area contributed by atoms with Crippen LogP contribution in [0.4, 0.5) is 0 Å². The molecule has 0 fully saturated rings. The van der Waals surface area contributed by atoms with Crippen LogP contribution in [0, 0.1) is 11.3 Å². The van der Waals surface area contributed by atoms with Gasteiger partial charge < -0.3 is 5.32 Å². The van der Waals surface area contributed by atoms with E-state index in [9.17, 15) is 0 Å². The SMILES string of the molecule is Cn1cc(CCCNCc2cccc(C#N)c2)cn1. The molecule has 0 amide bonds. The van der Waals surface area contributed by atoms with Gasteiger partial charge in [0.1, 0.15) is 0 Å². The number of hydrogen-bond donors (Lipinski definition) is 1. The molecule has 1 N–H and O–H groups in total. The minimum absolute atomic E-state index is 0.717. The summed E-state index contributed by atoms with van der Waals surface area (Å²) in [6.45, 7) is 1.77. The lowest BCUT2D eigenvalue weighted by atomic mass is 10.1. The first-order valence-corrected chi connectivity index (χ1v) is 6.45. The molecular formula is C15H18N4. The van der Waals surface area contributed by atoms with Crippen molar-refractivity contribution in [3.05, 3.63) is 53.3 Å². The molecule has 4 nitrogen and oxygen atoms in total. The van der Waals surface area contributed by atoms with E-state index in [1.54, 1.807) is 0 Å². The summed E-state index contributed by atoms with van der Waals surface area (Å²) in [6, 6.07) is 9.86. The largest absolute Gasteiger partial charge is 0.313 e. The molecule has 19 heavy (non-hydrogen) atoms. The number of benzene rings is 1. The highest BCUT2D eigenvalue weighted by molar-refractivity contribution is 5.32. The van der Waals surface area contributed by atoms with Crippen molar-refractivity contribution in [2.24, 2.45) is 7.05 Å². The Morgan fingerprint density at radius 3 is 3.00 bits per heavy atom. The number of aryl methyl sites for hydroxylation is 2. The fourth-order valence-electron chi connectivity index (χ4n) is 2.00. The highest BCUT2D eigenvalue weighted by Gasteiger charge is 1.97. The molecule has 0 radical (unpaired) electrons. The van der Waals surface area contributed by atoms with Crippen molar-refractivity contribution >= 4 is 0 Å². The zero-order valence-electron chi connectivity index (χ0n) is 11.1. The van der Waals surface area contributed by atoms with Crippen LogP contribution in [-0.4, -0.2) is 16.3 Å². The molecule has 0 unspecified atom stereocenters. The van der Waals surface area contributed by atoms with E-state index in [2.05, 4.69) is 22.7 Å². The second-order valence-corrected chi connectivity index (χ2v) is 4.61. The van der Waals surface area contributed by atoms with Crippen LogP contribution >= 0.6 is 0 Å². The van der Waals surface area contributed by atoms with Gasteiger partial charge in [-0.05, 0) is 42.6 Å². The topological polar surface area (TPSA) is 53.6 Å². The van der Waals surface area contributed by atoms with Crippen LogP contribution in [0.2, 0.25) is 0 Å². The Labute approximate surface area is 113 Å². The Morgan fingerprint density at radius 2 is 2.26 bits per heavy atom. The lowest BCUT2D eigenvalue weighted by molar-refractivity contribution is 0.649. The molecule has 98 valence electrons. The minimum Gasteiger partial charge on any atom is -0.313 e. The van der Waals surface area contributed by atoms with Crippen LogP contribution in [0.15, 0.2) is 36.7 Å². The number of aromatic nitrogens is 2. The minimum atomic E-state index is 0.717. The van der Waals surface area contributed by atoms with E-state index < -0.39 is 0 Å². The fraction of sp³-hybridized carbons (Fsp3) is 0.333. The van der Waals surface area contributed by atoms with Crippen LogP contribution in [0.25, 0.3) is 0 Å². The summed E-state index contributed by atoms with van der Waals surface area (Å²) in [5, 5.41) is 16.4. The average Bonchev–Trinajstić information content (AvgIpc) is 2.84. The summed E-state index contributed by atoms with van der Waals surface area (Å²) in [4.78, 5) is 0. The molecule has 2 aromatic rings. The number of nitrogens with one attached hydrogen (secondary N) is 1. The predicted octanol–water partition coefficient (Wildman–Crippen LogP) is 2.01. The first kappa shape index (κ1) is 13.3. The molecule has 0 aliphatic heterocycles. The van der Waals surface area contributed by atoms with E-state index in [4.69, 9.17) is 5.26 Å². The number of nitrogens with zero attached hydrogens (tertiary/aromatic N) is 3. The van der Waals surface area contributed by atoms with Gasteiger partial charge in [0.05, 0.1) is 17.8 Å². The van der Waals surface area contributed by atoms with Gasteiger partial charge >= 0.3 is 0 Å². The molecule has 0 saturated heterocycles. The molecule has 4 heteroatoms. The van der Waals surface area contributed by atoms with Crippen molar-refractivity contribution in [3.8, 4) is 6.07 Å². The first-order valence-electron chi connectivity index (χ1n) is 6.45. The van der Waals surface area contributed by atoms with Crippen molar-refractivity contribution in [1.29, 1.82) is 5.26 Å². The Kier molecular flexibility index (Phi) is 4.71. The van der Waals surface area contributed by atoms with Gasteiger partial charge in [-0.25, -0.2) is 0 Å². The van der Waals surface area contributed by atoms with E-state index in [0.717, 1.165) is 37.1 Å². The maximum absolute atomic E-state index is 8.82. The number of nitriles is 1. The molecule has 0 aliphatic rings. The van der Waals surface area contributed by atoms with Crippen molar-refractivity contribution < 1.29 is 0 Å². The van der Waals surface area contributed by atoms with Gasteiger partial charge in [0.25, 0.3) is 0 Å². The number of hydrogen-bond acceptors (Lipinski definition) is 3. The molecular weight excluding hydrogens is 236 g/mol. The third-order valence-corrected chi connectivity index (χ3v) is 2.96. The molecule has 0 spiro atoms.